The van der Waals surface area contributed by atoms with Crippen LogP contribution in [0, 0.1) is 0 Å². The molecule has 1 aliphatic rings. The summed E-state index contributed by atoms with van der Waals surface area (Å²) in [6.45, 7) is 0. The van der Waals surface area contributed by atoms with E-state index in [9.17, 15) is 0 Å². The van der Waals surface area contributed by atoms with Crippen molar-refractivity contribution >= 4 is 16.9 Å². The Kier molecular flexibility index (Phi) is 2.39. The highest BCUT2D eigenvalue weighted by Gasteiger charge is 2.35. The van der Waals surface area contributed by atoms with Gasteiger partial charge in [0.1, 0.15) is 0 Å². The number of nitrogens with two attached hydrogens (primary N) is 1. The molecule has 84 valence electrons. The van der Waals surface area contributed by atoms with Gasteiger partial charge in [-0.15, -0.1) is 0 Å². The Balaban J connectivity index is 2.09. The molecule has 0 aliphatic carbocycles. The lowest BCUT2D eigenvalue weighted by Crippen LogP contribution is -2.33. The lowest BCUT2D eigenvalue weighted by atomic mass is 9.90. The Labute approximate surface area is 103 Å². The van der Waals surface area contributed by atoms with Crippen molar-refractivity contribution in [1.29, 1.82) is 0 Å². The molecule has 2 aromatic rings. The molecule has 2 heterocycles. The molecule has 3 nitrogen and oxygen atoms in total. The molecule has 0 amide bonds. The number of benzene rings is 1. The second-order valence-electron chi connectivity index (χ2n) is 3.90. The van der Waals surface area contributed by atoms with E-state index in [0.29, 0.717) is 0 Å². The van der Waals surface area contributed by atoms with Gasteiger partial charge in [-0.25, -0.2) is 0 Å². The second kappa shape index (κ2) is 3.91. The number of nitrogens with zero attached hydrogens (tertiary/aromatic N) is 2. The van der Waals surface area contributed by atoms with Crippen molar-refractivity contribution in [3.8, 4) is 0 Å². The monoisotopic (exact) mass is 241 g/mol. The Morgan fingerprint density at radius 1 is 1.12 bits per heavy atom. The van der Waals surface area contributed by atoms with E-state index < -0.39 is 5.66 Å². The lowest BCUT2D eigenvalue weighted by molar-refractivity contribution is 0.603. The van der Waals surface area contributed by atoms with Crippen LogP contribution in [-0.2, 0) is 5.66 Å². The minimum absolute atomic E-state index is 0.845. The summed E-state index contributed by atoms with van der Waals surface area (Å²) < 4.78 is 0. The first kappa shape index (κ1) is 10.4. The van der Waals surface area contributed by atoms with Gasteiger partial charge in [-0.1, -0.05) is 30.3 Å². The summed E-state index contributed by atoms with van der Waals surface area (Å²) in [6, 6.07) is 11.9. The van der Waals surface area contributed by atoms with Crippen LogP contribution in [0.1, 0.15) is 11.1 Å². The number of azo groups is 1. The van der Waals surface area contributed by atoms with Crippen molar-refractivity contribution in [1.82, 2.24) is 0 Å². The van der Waals surface area contributed by atoms with Gasteiger partial charge in [0.05, 0.1) is 6.20 Å². The van der Waals surface area contributed by atoms with Gasteiger partial charge in [-0.3, -0.25) is 5.73 Å². The molecule has 2 N–H and O–H groups in total. The third-order valence-corrected chi connectivity index (χ3v) is 3.54. The molecule has 1 aromatic heterocycles. The zero-order chi connectivity index (χ0) is 11.7. The van der Waals surface area contributed by atoms with Crippen molar-refractivity contribution < 1.29 is 0 Å². The maximum atomic E-state index is 6.39. The number of rotatable bonds is 2. The largest absolute Gasteiger partial charge is 0.298 e. The standard InChI is InChI=1S/C13H11N3S/c14-13(11-4-2-1-3-5-11)12(8-15-16-13)10-6-7-17-9-10/h1-9H,14H2. The fourth-order valence-electron chi connectivity index (χ4n) is 1.95. The van der Waals surface area contributed by atoms with Crippen LogP contribution in [0.5, 0.6) is 0 Å². The average molecular weight is 241 g/mol. The highest BCUT2D eigenvalue weighted by atomic mass is 32.1. The van der Waals surface area contributed by atoms with E-state index in [1.807, 2.05) is 41.8 Å². The zero-order valence-corrected chi connectivity index (χ0v) is 9.89. The van der Waals surface area contributed by atoms with Crippen LogP contribution < -0.4 is 5.73 Å². The minimum atomic E-state index is -0.845. The first-order valence-corrected chi connectivity index (χ1v) is 6.24. The predicted molar refractivity (Wildman–Crippen MR) is 69.5 cm³/mol. The van der Waals surface area contributed by atoms with Crippen molar-refractivity contribution in [3.05, 3.63) is 64.5 Å². The first-order chi connectivity index (χ1) is 8.31. The van der Waals surface area contributed by atoms with Crippen molar-refractivity contribution in [2.75, 3.05) is 0 Å². The van der Waals surface area contributed by atoms with Crippen LogP contribution in [0.3, 0.4) is 0 Å². The smallest absolute Gasteiger partial charge is 0.183 e. The Morgan fingerprint density at radius 2 is 1.94 bits per heavy atom. The fraction of sp³-hybridized carbons (Fsp3) is 0.0769. The molecule has 1 aromatic carbocycles. The molecular weight excluding hydrogens is 230 g/mol. The van der Waals surface area contributed by atoms with Gasteiger partial charge in [0.15, 0.2) is 5.66 Å². The van der Waals surface area contributed by atoms with E-state index in [4.69, 9.17) is 5.73 Å². The van der Waals surface area contributed by atoms with Crippen LogP contribution >= 0.6 is 11.3 Å². The first-order valence-electron chi connectivity index (χ1n) is 5.30. The van der Waals surface area contributed by atoms with Gasteiger partial charge in [-0.2, -0.15) is 21.6 Å². The van der Waals surface area contributed by atoms with Gasteiger partial charge < -0.3 is 0 Å². The van der Waals surface area contributed by atoms with E-state index in [-0.39, 0.29) is 0 Å². The Hall–Kier alpha value is -1.78. The van der Waals surface area contributed by atoms with Gasteiger partial charge in [0, 0.05) is 11.1 Å². The number of thiophene rings is 1. The van der Waals surface area contributed by atoms with Crippen LogP contribution in [0.2, 0.25) is 0 Å². The van der Waals surface area contributed by atoms with Crippen molar-refractivity contribution in [2.45, 2.75) is 5.66 Å². The lowest BCUT2D eigenvalue weighted by Gasteiger charge is -2.23. The molecule has 3 rings (SSSR count). The molecule has 0 saturated heterocycles. The zero-order valence-electron chi connectivity index (χ0n) is 9.08. The predicted octanol–water partition coefficient (Wildman–Crippen LogP) is 3.37. The highest BCUT2D eigenvalue weighted by molar-refractivity contribution is 7.08. The fourth-order valence-corrected chi connectivity index (χ4v) is 2.60. The number of hydrogen-bond acceptors (Lipinski definition) is 4. The summed E-state index contributed by atoms with van der Waals surface area (Å²) in [7, 11) is 0. The summed E-state index contributed by atoms with van der Waals surface area (Å²) in [6.07, 6.45) is 1.75. The van der Waals surface area contributed by atoms with E-state index in [2.05, 4.69) is 15.6 Å². The molecule has 0 radical (unpaired) electrons. The van der Waals surface area contributed by atoms with Crippen LogP contribution in [-0.4, -0.2) is 0 Å². The van der Waals surface area contributed by atoms with Crippen molar-refractivity contribution in [3.63, 3.8) is 0 Å². The molecule has 0 bridgehead atoms. The maximum absolute atomic E-state index is 6.39. The summed E-state index contributed by atoms with van der Waals surface area (Å²) in [5.41, 5.74) is 8.54. The maximum Gasteiger partial charge on any atom is 0.183 e. The summed E-state index contributed by atoms with van der Waals surface area (Å²) in [5.74, 6) is 0. The average Bonchev–Trinajstić information content (AvgIpc) is 2.99. The molecular formula is C13H11N3S. The summed E-state index contributed by atoms with van der Waals surface area (Å²) in [5, 5.41) is 12.3. The third-order valence-electron chi connectivity index (χ3n) is 2.86. The normalized spacial score (nSPS) is 22.8. The topological polar surface area (TPSA) is 50.7 Å². The van der Waals surface area contributed by atoms with Gasteiger partial charge in [0.2, 0.25) is 0 Å². The molecule has 0 spiro atoms. The van der Waals surface area contributed by atoms with Crippen LogP contribution in [0.15, 0.2) is 63.6 Å². The second-order valence-corrected chi connectivity index (χ2v) is 4.68. The molecule has 1 aliphatic heterocycles. The molecule has 1 atom stereocenters. The number of hydrogen-bond donors (Lipinski definition) is 1. The summed E-state index contributed by atoms with van der Waals surface area (Å²) in [4.78, 5) is 0. The molecule has 0 fully saturated rings. The highest BCUT2D eigenvalue weighted by Crippen LogP contribution is 2.39. The van der Waals surface area contributed by atoms with Crippen LogP contribution in [0.4, 0.5) is 0 Å². The third kappa shape index (κ3) is 1.62. The molecule has 0 saturated carbocycles. The molecule has 1 unspecified atom stereocenters. The molecule has 17 heavy (non-hydrogen) atoms. The van der Waals surface area contributed by atoms with E-state index >= 15 is 0 Å². The Bertz CT molecular complexity index is 572. The van der Waals surface area contributed by atoms with E-state index in [0.717, 1.165) is 16.7 Å². The minimum Gasteiger partial charge on any atom is -0.298 e. The summed E-state index contributed by atoms with van der Waals surface area (Å²) >= 11 is 1.64. The Morgan fingerprint density at radius 3 is 2.65 bits per heavy atom. The molecule has 4 heteroatoms. The van der Waals surface area contributed by atoms with Crippen LogP contribution in [0.25, 0.3) is 5.57 Å². The van der Waals surface area contributed by atoms with E-state index in [1.165, 1.54) is 0 Å². The van der Waals surface area contributed by atoms with Gasteiger partial charge in [0.25, 0.3) is 0 Å². The van der Waals surface area contributed by atoms with E-state index in [1.54, 1.807) is 17.5 Å². The van der Waals surface area contributed by atoms with Gasteiger partial charge >= 0.3 is 0 Å². The van der Waals surface area contributed by atoms with Gasteiger partial charge in [-0.05, 0) is 22.4 Å². The van der Waals surface area contributed by atoms with Crippen molar-refractivity contribution in [2.24, 2.45) is 16.0 Å². The quantitative estimate of drug-likeness (QED) is 0.861. The SMILES string of the molecule is NC1(c2ccccc2)N=NC=C1c1ccsc1.